The second kappa shape index (κ2) is 9.34. The van der Waals surface area contributed by atoms with Crippen LogP contribution in [-0.4, -0.2) is 15.0 Å². The van der Waals surface area contributed by atoms with Gasteiger partial charge in [0, 0.05) is 24.2 Å². The summed E-state index contributed by atoms with van der Waals surface area (Å²) in [6.45, 7) is 2.03. The van der Waals surface area contributed by atoms with E-state index in [1.165, 1.54) is 0 Å². The van der Waals surface area contributed by atoms with Crippen LogP contribution < -0.4 is 0 Å². The summed E-state index contributed by atoms with van der Waals surface area (Å²) in [6.07, 6.45) is 5.25. The molecule has 0 unspecified atom stereocenters. The number of aryl methyl sites for hydroxylation is 1. The Morgan fingerprint density at radius 2 is 1.52 bits per heavy atom. The van der Waals surface area contributed by atoms with Gasteiger partial charge in [0.2, 0.25) is 0 Å². The molecule has 0 amide bonds. The van der Waals surface area contributed by atoms with Crippen LogP contribution >= 0.6 is 30.4 Å². The molecule has 0 aliphatic heterocycles. The normalized spacial score (nSPS) is 10.1. The van der Waals surface area contributed by atoms with Gasteiger partial charge in [-0.1, -0.05) is 17.7 Å². The topological polar surface area (TPSA) is 38.7 Å². The average molecular weight is 548 g/mol. The first kappa shape index (κ1) is 18.3. The monoisotopic (exact) mass is 546 g/mol. The summed E-state index contributed by atoms with van der Waals surface area (Å²) < 4.78 is 0. The summed E-state index contributed by atoms with van der Waals surface area (Å²) in [7, 11) is 9.75. The van der Waals surface area contributed by atoms with Crippen molar-refractivity contribution in [2.75, 3.05) is 0 Å². The molecule has 3 aromatic heterocycles. The second-order valence-electron chi connectivity index (χ2n) is 4.45. The number of aromatic nitrogens is 3. The van der Waals surface area contributed by atoms with Crippen molar-refractivity contribution in [3.05, 3.63) is 65.6 Å². The minimum atomic E-state index is -0.472. The first-order chi connectivity index (χ1) is 11.2. The number of hydrogen-bond acceptors (Lipinski definition) is 3. The van der Waals surface area contributed by atoms with Gasteiger partial charge in [-0.3, -0.25) is 15.0 Å². The van der Waals surface area contributed by atoms with E-state index in [2.05, 4.69) is 15.0 Å². The summed E-state index contributed by atoms with van der Waals surface area (Å²) in [6, 6.07) is 11.4. The van der Waals surface area contributed by atoms with Gasteiger partial charge in [-0.15, -0.1) is 0 Å². The van der Waals surface area contributed by atoms with E-state index in [1.807, 2.05) is 43.3 Å². The Labute approximate surface area is 156 Å². The number of rotatable bonds is 2. The summed E-state index contributed by atoms with van der Waals surface area (Å²) in [4.78, 5) is 13.2. The molecule has 0 spiro atoms. The Morgan fingerprint density at radius 1 is 0.826 bits per heavy atom. The van der Waals surface area contributed by atoms with Crippen molar-refractivity contribution in [1.82, 2.24) is 15.0 Å². The number of nitrogens with zero attached hydrogens (tertiary/aromatic N) is 3. The maximum absolute atomic E-state index is 6.25. The van der Waals surface area contributed by atoms with E-state index in [0.717, 1.165) is 22.5 Å². The van der Waals surface area contributed by atoms with Gasteiger partial charge < -0.3 is 0 Å². The maximum atomic E-state index is 6.25. The molecule has 0 saturated heterocycles. The number of pyridine rings is 3. The van der Waals surface area contributed by atoms with E-state index in [4.69, 9.17) is 30.4 Å². The van der Waals surface area contributed by atoms with Crippen LogP contribution in [0.25, 0.3) is 22.6 Å². The summed E-state index contributed by atoms with van der Waals surface area (Å²) in [5.41, 5.74) is 4.37. The fourth-order valence-corrected chi connectivity index (χ4v) is 2.34. The van der Waals surface area contributed by atoms with Gasteiger partial charge in [-0.05, 0) is 42.8 Å². The molecule has 7 heteroatoms. The van der Waals surface area contributed by atoms with Crippen LogP contribution in [-0.2, 0) is 16.5 Å². The van der Waals surface area contributed by atoms with Crippen LogP contribution in [0.15, 0.2) is 55.0 Å². The van der Waals surface area contributed by atoms with Gasteiger partial charge in [-0.25, -0.2) is 0 Å². The molecule has 23 heavy (non-hydrogen) atoms. The molecule has 0 fully saturated rings. The van der Waals surface area contributed by atoms with Crippen molar-refractivity contribution in [3.63, 3.8) is 0 Å². The quantitative estimate of drug-likeness (QED) is 0.423. The van der Waals surface area contributed by atoms with Crippen LogP contribution in [0.2, 0.25) is 5.02 Å². The molecule has 3 rings (SSSR count). The van der Waals surface area contributed by atoms with Crippen molar-refractivity contribution in [3.8, 4) is 22.6 Å². The van der Waals surface area contributed by atoms with Crippen molar-refractivity contribution in [2.24, 2.45) is 0 Å². The molecule has 0 aliphatic rings. The number of hydrogen-bond donors (Lipinski definition) is 0. The van der Waals surface area contributed by atoms with Crippen LogP contribution in [0.4, 0.5) is 0 Å². The average Bonchev–Trinajstić information content (AvgIpc) is 2.57. The van der Waals surface area contributed by atoms with Crippen LogP contribution in [0.3, 0.4) is 0 Å². The SMILES string of the molecule is Cc1ccnc(-c2ncccc2Cl)c1-c1ccccn1.[Cl][Pt][Cl]. The third-order valence-corrected chi connectivity index (χ3v) is 3.37. The van der Waals surface area contributed by atoms with E-state index in [-0.39, 0.29) is 0 Å². The predicted octanol–water partition coefficient (Wildman–Crippen LogP) is 5.54. The summed E-state index contributed by atoms with van der Waals surface area (Å²) in [5.74, 6) is 0. The first-order valence-electron chi connectivity index (χ1n) is 6.49. The predicted molar refractivity (Wildman–Crippen MR) is 92.2 cm³/mol. The Balaban J connectivity index is 0.000000595. The van der Waals surface area contributed by atoms with Gasteiger partial charge in [0.05, 0.1) is 16.4 Å². The minimum absolute atomic E-state index is 0.472. The van der Waals surface area contributed by atoms with E-state index in [1.54, 1.807) is 18.6 Å². The fraction of sp³-hybridized carbons (Fsp3) is 0.0625. The molecular formula is C16H12Cl3N3Pt. The zero-order valence-corrected chi connectivity index (χ0v) is 16.5. The molecule has 3 aromatic rings. The molecule has 0 N–H and O–H groups in total. The molecule has 122 valence electrons. The summed E-state index contributed by atoms with van der Waals surface area (Å²) >= 11 is 5.78. The van der Waals surface area contributed by atoms with Crippen LogP contribution in [0.1, 0.15) is 5.56 Å². The van der Waals surface area contributed by atoms with Crippen molar-refractivity contribution < 1.29 is 16.5 Å². The van der Waals surface area contributed by atoms with Crippen molar-refractivity contribution >= 4 is 30.4 Å². The van der Waals surface area contributed by atoms with Gasteiger partial charge >= 0.3 is 35.3 Å². The number of halogens is 3. The molecular weight excluding hydrogens is 536 g/mol. The molecule has 0 aromatic carbocycles. The second-order valence-corrected chi connectivity index (χ2v) is 8.14. The Kier molecular flexibility index (Phi) is 7.45. The molecule has 3 nitrogen and oxygen atoms in total. The zero-order valence-electron chi connectivity index (χ0n) is 12.0. The van der Waals surface area contributed by atoms with Gasteiger partial charge in [0.15, 0.2) is 0 Å². The molecule has 0 aliphatic carbocycles. The van der Waals surface area contributed by atoms with Gasteiger partial charge in [0.1, 0.15) is 5.69 Å². The molecule has 0 atom stereocenters. The molecule has 0 radical (unpaired) electrons. The van der Waals surface area contributed by atoms with E-state index in [9.17, 15) is 0 Å². The van der Waals surface area contributed by atoms with Gasteiger partial charge in [-0.2, -0.15) is 0 Å². The molecule has 0 bridgehead atoms. The third-order valence-electron chi connectivity index (χ3n) is 3.06. The summed E-state index contributed by atoms with van der Waals surface area (Å²) in [5, 5.41) is 0.586. The van der Waals surface area contributed by atoms with E-state index < -0.39 is 16.5 Å². The fourth-order valence-electron chi connectivity index (χ4n) is 2.13. The molecule has 0 saturated carbocycles. The van der Waals surface area contributed by atoms with Gasteiger partial charge in [0.25, 0.3) is 0 Å². The zero-order chi connectivity index (χ0) is 16.7. The van der Waals surface area contributed by atoms with Crippen LogP contribution in [0, 0.1) is 6.92 Å². The third kappa shape index (κ3) is 4.74. The van der Waals surface area contributed by atoms with Crippen molar-refractivity contribution in [1.29, 1.82) is 0 Å². The molecule has 3 heterocycles. The standard InChI is InChI=1S/C16H12ClN3.2ClH.Pt/c1-11-7-10-20-16(15-12(17)5-4-9-19-15)14(11)13-6-2-3-8-18-13;;;/h2-10H,1H3;2*1H;/q;;;+2/p-2. The Morgan fingerprint density at radius 3 is 2.17 bits per heavy atom. The van der Waals surface area contributed by atoms with E-state index >= 15 is 0 Å². The first-order valence-corrected chi connectivity index (χ1v) is 12.5. The van der Waals surface area contributed by atoms with Crippen molar-refractivity contribution in [2.45, 2.75) is 6.92 Å². The Hall–Kier alpha value is -0.992. The van der Waals surface area contributed by atoms with Crippen LogP contribution in [0.5, 0.6) is 0 Å². The van der Waals surface area contributed by atoms with E-state index in [0.29, 0.717) is 10.7 Å². The Bertz CT molecular complexity index is 770.